The summed E-state index contributed by atoms with van der Waals surface area (Å²) in [5, 5.41) is 14.5. The minimum atomic E-state index is -3.65. The zero-order valence-electron chi connectivity index (χ0n) is 19.8. The lowest BCUT2D eigenvalue weighted by molar-refractivity contribution is -0.127. The molecule has 35 heavy (non-hydrogen) atoms. The summed E-state index contributed by atoms with van der Waals surface area (Å²) in [6.45, 7) is 1.27. The van der Waals surface area contributed by atoms with Crippen molar-refractivity contribution in [1.82, 2.24) is 19.0 Å². The summed E-state index contributed by atoms with van der Waals surface area (Å²) in [6, 6.07) is 18.0. The molecule has 0 N–H and O–H groups in total. The number of aromatic nitrogens is 2. The Morgan fingerprint density at radius 2 is 1.77 bits per heavy atom. The standard InChI is InChI=1S/C26H27N5O3S/c1-29(2)35(33,34)24-13-9-10-20(17-24)25-22(19-31(28-25)23-11-5-3-6-12-23)16-21(18-27)26(32)30-14-7-4-8-15-30/h3,5-6,9-13,16-17,19H,4,7-8,14-15H2,1-2H3. The topological polar surface area (TPSA) is 99.3 Å². The lowest BCUT2D eigenvalue weighted by Crippen LogP contribution is -2.36. The van der Waals surface area contributed by atoms with Crippen LogP contribution in [0.3, 0.4) is 0 Å². The van der Waals surface area contributed by atoms with Gasteiger partial charge in [0.15, 0.2) is 0 Å². The fourth-order valence-corrected chi connectivity index (χ4v) is 4.96. The molecule has 1 fully saturated rings. The van der Waals surface area contributed by atoms with Crippen LogP contribution in [0.4, 0.5) is 0 Å². The quantitative estimate of drug-likeness (QED) is 0.388. The van der Waals surface area contributed by atoms with Crippen molar-refractivity contribution in [2.45, 2.75) is 24.2 Å². The maximum atomic E-state index is 13.0. The van der Waals surface area contributed by atoms with E-state index in [-0.39, 0.29) is 16.4 Å². The Morgan fingerprint density at radius 1 is 1.06 bits per heavy atom. The Hall–Kier alpha value is -3.74. The van der Waals surface area contributed by atoms with E-state index >= 15 is 0 Å². The molecule has 9 heteroatoms. The first-order valence-electron chi connectivity index (χ1n) is 11.4. The molecule has 1 aliphatic heterocycles. The van der Waals surface area contributed by atoms with Gasteiger partial charge in [-0.15, -0.1) is 0 Å². The summed E-state index contributed by atoms with van der Waals surface area (Å²) < 4.78 is 28.2. The number of para-hydroxylation sites is 1. The Morgan fingerprint density at radius 3 is 2.43 bits per heavy atom. The van der Waals surface area contributed by atoms with Crippen LogP contribution in [0.15, 0.2) is 71.3 Å². The summed E-state index contributed by atoms with van der Waals surface area (Å²) in [5.41, 5.74) is 2.42. The van der Waals surface area contributed by atoms with E-state index in [2.05, 4.69) is 6.07 Å². The van der Waals surface area contributed by atoms with Crippen molar-refractivity contribution >= 4 is 22.0 Å². The van der Waals surface area contributed by atoms with E-state index in [1.165, 1.54) is 20.2 Å². The number of sulfonamides is 1. The average Bonchev–Trinajstić information content (AvgIpc) is 3.32. The molecule has 0 saturated carbocycles. The van der Waals surface area contributed by atoms with Crippen molar-refractivity contribution in [2.24, 2.45) is 0 Å². The number of nitrogens with zero attached hydrogens (tertiary/aromatic N) is 5. The number of carbonyl (C=O) groups is 1. The Balaban J connectivity index is 1.83. The summed E-state index contributed by atoms with van der Waals surface area (Å²) in [6.07, 6.45) is 6.23. The van der Waals surface area contributed by atoms with Crippen molar-refractivity contribution < 1.29 is 13.2 Å². The van der Waals surface area contributed by atoms with Gasteiger partial charge in [0, 0.05) is 44.5 Å². The van der Waals surface area contributed by atoms with Crippen LogP contribution in [-0.2, 0) is 14.8 Å². The first kappa shape index (κ1) is 24.4. The highest BCUT2D eigenvalue weighted by Gasteiger charge is 2.23. The second kappa shape index (κ2) is 10.3. The first-order valence-corrected chi connectivity index (χ1v) is 12.8. The molecule has 0 bridgehead atoms. The molecule has 8 nitrogen and oxygen atoms in total. The van der Waals surface area contributed by atoms with Gasteiger partial charge in [0.2, 0.25) is 10.0 Å². The zero-order valence-corrected chi connectivity index (χ0v) is 20.6. The lowest BCUT2D eigenvalue weighted by Gasteiger charge is -2.26. The SMILES string of the molecule is CN(C)S(=O)(=O)c1cccc(-c2nn(-c3ccccc3)cc2C=C(C#N)C(=O)N2CCCCC2)c1. The Kier molecular flexibility index (Phi) is 7.15. The summed E-state index contributed by atoms with van der Waals surface area (Å²) in [5.74, 6) is -0.297. The molecular formula is C26H27N5O3S. The van der Waals surface area contributed by atoms with Crippen LogP contribution >= 0.6 is 0 Å². The third-order valence-corrected chi connectivity index (χ3v) is 7.75. The number of likely N-dealkylation sites (tertiary alicyclic amines) is 1. The van der Waals surface area contributed by atoms with Crippen molar-refractivity contribution in [2.75, 3.05) is 27.2 Å². The summed E-state index contributed by atoms with van der Waals surface area (Å²) >= 11 is 0. The summed E-state index contributed by atoms with van der Waals surface area (Å²) in [4.78, 5) is 14.9. The molecule has 3 aromatic rings. The first-order chi connectivity index (χ1) is 16.8. The molecule has 1 amide bonds. The van der Waals surface area contributed by atoms with Crippen LogP contribution in [0.5, 0.6) is 0 Å². The number of amides is 1. The fourth-order valence-electron chi connectivity index (χ4n) is 4.01. The Labute approximate surface area is 205 Å². The predicted octanol–water partition coefficient (Wildman–Crippen LogP) is 3.71. The number of hydrogen-bond donors (Lipinski definition) is 0. The molecule has 0 aliphatic carbocycles. The van der Waals surface area contributed by atoms with Crippen molar-refractivity contribution in [3.63, 3.8) is 0 Å². The second-order valence-corrected chi connectivity index (χ2v) is 10.7. The maximum Gasteiger partial charge on any atom is 0.264 e. The highest BCUT2D eigenvalue weighted by atomic mass is 32.2. The molecule has 0 radical (unpaired) electrons. The second-order valence-electron chi connectivity index (χ2n) is 8.55. The van der Waals surface area contributed by atoms with Gasteiger partial charge >= 0.3 is 0 Å². The van der Waals surface area contributed by atoms with Crippen LogP contribution in [0, 0.1) is 11.3 Å². The molecule has 0 unspecified atom stereocenters. The number of nitriles is 1. The van der Waals surface area contributed by atoms with E-state index in [4.69, 9.17) is 5.10 Å². The van der Waals surface area contributed by atoms with Gasteiger partial charge in [-0.1, -0.05) is 30.3 Å². The van der Waals surface area contributed by atoms with Gasteiger partial charge in [-0.25, -0.2) is 17.4 Å². The van der Waals surface area contributed by atoms with Crippen molar-refractivity contribution in [1.29, 1.82) is 5.26 Å². The van der Waals surface area contributed by atoms with Gasteiger partial charge in [-0.2, -0.15) is 10.4 Å². The van der Waals surface area contributed by atoms with E-state index in [0.717, 1.165) is 29.3 Å². The number of benzene rings is 2. The van der Waals surface area contributed by atoms with Crippen LogP contribution in [0.1, 0.15) is 24.8 Å². The number of hydrogen-bond acceptors (Lipinski definition) is 5. The molecule has 4 rings (SSSR count). The highest BCUT2D eigenvalue weighted by Crippen LogP contribution is 2.28. The van der Waals surface area contributed by atoms with E-state index in [0.29, 0.717) is 29.9 Å². The van der Waals surface area contributed by atoms with E-state index in [1.54, 1.807) is 40.1 Å². The predicted molar refractivity (Wildman–Crippen MR) is 134 cm³/mol. The Bertz CT molecular complexity index is 1400. The van der Waals surface area contributed by atoms with E-state index < -0.39 is 10.0 Å². The average molecular weight is 490 g/mol. The van der Waals surface area contributed by atoms with Gasteiger partial charge in [0.25, 0.3) is 5.91 Å². The fraction of sp³-hybridized carbons (Fsp3) is 0.269. The van der Waals surface area contributed by atoms with Crippen molar-refractivity contribution in [3.05, 3.63) is 71.9 Å². The van der Waals surface area contributed by atoms with Gasteiger partial charge in [-0.05, 0) is 49.6 Å². The third-order valence-electron chi connectivity index (χ3n) is 5.94. The van der Waals surface area contributed by atoms with Gasteiger partial charge < -0.3 is 4.90 Å². The lowest BCUT2D eigenvalue weighted by atomic mass is 10.0. The molecule has 1 aliphatic rings. The van der Waals surface area contributed by atoms with E-state index in [9.17, 15) is 18.5 Å². The molecular weight excluding hydrogens is 462 g/mol. The molecule has 1 aromatic heterocycles. The molecule has 2 heterocycles. The molecule has 0 spiro atoms. The number of piperidine rings is 1. The van der Waals surface area contributed by atoms with Crippen LogP contribution in [-0.4, -0.2) is 60.5 Å². The normalized spacial score (nSPS) is 14.7. The van der Waals surface area contributed by atoms with Crippen LogP contribution in [0.2, 0.25) is 0 Å². The summed E-state index contributed by atoms with van der Waals surface area (Å²) in [7, 11) is -0.695. The monoisotopic (exact) mass is 489 g/mol. The third kappa shape index (κ3) is 5.19. The maximum absolute atomic E-state index is 13.0. The van der Waals surface area contributed by atoms with Gasteiger partial charge in [-0.3, -0.25) is 4.79 Å². The number of rotatable bonds is 6. The molecule has 0 atom stereocenters. The van der Waals surface area contributed by atoms with Gasteiger partial charge in [0.05, 0.1) is 10.6 Å². The smallest absolute Gasteiger partial charge is 0.264 e. The zero-order chi connectivity index (χ0) is 25.0. The minimum Gasteiger partial charge on any atom is -0.338 e. The van der Waals surface area contributed by atoms with E-state index in [1.807, 2.05) is 30.3 Å². The highest BCUT2D eigenvalue weighted by molar-refractivity contribution is 7.89. The molecule has 1 saturated heterocycles. The largest absolute Gasteiger partial charge is 0.338 e. The molecule has 2 aromatic carbocycles. The molecule has 180 valence electrons. The number of carbonyl (C=O) groups excluding carboxylic acids is 1. The van der Waals surface area contributed by atoms with Crippen molar-refractivity contribution in [3.8, 4) is 23.0 Å². The van der Waals surface area contributed by atoms with Crippen LogP contribution < -0.4 is 0 Å². The minimum absolute atomic E-state index is 0.0258. The van der Waals surface area contributed by atoms with Gasteiger partial charge in [0.1, 0.15) is 17.3 Å². The van der Waals surface area contributed by atoms with Crippen LogP contribution in [0.25, 0.3) is 23.0 Å².